The first-order valence-electron chi connectivity index (χ1n) is 8.51. The van der Waals surface area contributed by atoms with Crippen molar-refractivity contribution in [1.82, 2.24) is 10.2 Å². The first kappa shape index (κ1) is 15.3. The van der Waals surface area contributed by atoms with Gasteiger partial charge in [-0.1, -0.05) is 43.0 Å². The van der Waals surface area contributed by atoms with Crippen LogP contribution in [-0.2, 0) is 0 Å². The summed E-state index contributed by atoms with van der Waals surface area (Å²) in [7, 11) is 0. The monoisotopic (exact) mass is 306 g/mol. The van der Waals surface area contributed by atoms with Gasteiger partial charge in [-0.3, -0.25) is 0 Å². The van der Waals surface area contributed by atoms with Crippen LogP contribution in [0.3, 0.4) is 0 Å². The van der Waals surface area contributed by atoms with Gasteiger partial charge in [0, 0.05) is 37.7 Å². The van der Waals surface area contributed by atoms with Crippen LogP contribution in [0.1, 0.15) is 43.6 Å². The largest absolute Gasteiger partial charge is 0.314 e. The minimum Gasteiger partial charge on any atom is -0.314 e. The summed E-state index contributed by atoms with van der Waals surface area (Å²) < 4.78 is 0. The molecular formula is C18H27ClN2. The van der Waals surface area contributed by atoms with E-state index in [4.69, 9.17) is 11.6 Å². The molecule has 3 heteroatoms. The Balaban J connectivity index is 1.75. The maximum atomic E-state index is 6.25. The molecule has 0 bridgehead atoms. The molecule has 0 amide bonds. The van der Waals surface area contributed by atoms with Gasteiger partial charge in [-0.15, -0.1) is 0 Å². The molecule has 1 aromatic carbocycles. The second-order valence-corrected chi connectivity index (χ2v) is 7.05. The van der Waals surface area contributed by atoms with Crippen LogP contribution in [0.2, 0.25) is 5.02 Å². The molecule has 21 heavy (non-hydrogen) atoms. The predicted molar refractivity (Wildman–Crippen MR) is 90.1 cm³/mol. The number of benzene rings is 1. The summed E-state index contributed by atoms with van der Waals surface area (Å²) in [5.41, 5.74) is 1.45. The lowest BCUT2D eigenvalue weighted by atomic mass is 9.76. The molecule has 0 aromatic heterocycles. The second kappa shape index (κ2) is 7.62. The summed E-state index contributed by atoms with van der Waals surface area (Å²) in [6.45, 7) is 5.83. The minimum atomic E-state index is 0.655. The molecule has 1 saturated heterocycles. The zero-order valence-corrected chi connectivity index (χ0v) is 13.6. The maximum Gasteiger partial charge on any atom is 0.0408 e. The molecule has 1 atom stereocenters. The lowest BCUT2D eigenvalue weighted by Gasteiger charge is -2.36. The van der Waals surface area contributed by atoms with Gasteiger partial charge in [-0.05, 0) is 42.4 Å². The number of piperazine rings is 1. The summed E-state index contributed by atoms with van der Waals surface area (Å²) in [6, 6.07) is 8.59. The third-order valence-electron chi connectivity index (χ3n) is 5.16. The van der Waals surface area contributed by atoms with Crippen LogP contribution in [0.15, 0.2) is 24.3 Å². The Morgan fingerprint density at radius 2 is 1.90 bits per heavy atom. The molecule has 1 aliphatic heterocycles. The third-order valence-corrected chi connectivity index (χ3v) is 5.40. The SMILES string of the molecule is Clc1cccc(C(CN2CCNCC2)C2CCCCC2)c1. The van der Waals surface area contributed by atoms with E-state index in [1.165, 1.54) is 57.3 Å². The highest BCUT2D eigenvalue weighted by atomic mass is 35.5. The molecule has 0 radical (unpaired) electrons. The van der Waals surface area contributed by atoms with Gasteiger partial charge in [0.1, 0.15) is 0 Å². The fourth-order valence-corrected chi connectivity index (χ4v) is 4.17. The van der Waals surface area contributed by atoms with E-state index in [9.17, 15) is 0 Å². The smallest absolute Gasteiger partial charge is 0.0408 e. The molecule has 2 nitrogen and oxygen atoms in total. The van der Waals surface area contributed by atoms with Gasteiger partial charge in [0.25, 0.3) is 0 Å². The van der Waals surface area contributed by atoms with Crippen molar-refractivity contribution in [2.24, 2.45) is 5.92 Å². The van der Waals surface area contributed by atoms with Gasteiger partial charge in [-0.2, -0.15) is 0 Å². The maximum absolute atomic E-state index is 6.25. The van der Waals surface area contributed by atoms with Gasteiger partial charge < -0.3 is 10.2 Å². The zero-order valence-electron chi connectivity index (χ0n) is 12.9. The molecule has 1 aromatic rings. The number of nitrogens with zero attached hydrogens (tertiary/aromatic N) is 1. The summed E-state index contributed by atoms with van der Waals surface area (Å²) in [6.07, 6.45) is 7.02. The Hall–Kier alpha value is -0.570. The molecular weight excluding hydrogens is 280 g/mol. The van der Waals surface area contributed by atoms with Crippen LogP contribution in [-0.4, -0.2) is 37.6 Å². The Kier molecular flexibility index (Phi) is 5.56. The van der Waals surface area contributed by atoms with Crippen molar-refractivity contribution in [3.8, 4) is 0 Å². The Labute approximate surface area is 133 Å². The number of hydrogen-bond donors (Lipinski definition) is 1. The summed E-state index contributed by atoms with van der Waals surface area (Å²) in [5, 5.41) is 4.34. The van der Waals surface area contributed by atoms with Crippen molar-refractivity contribution < 1.29 is 0 Å². The lowest BCUT2D eigenvalue weighted by molar-refractivity contribution is 0.187. The van der Waals surface area contributed by atoms with E-state index >= 15 is 0 Å². The van der Waals surface area contributed by atoms with E-state index in [2.05, 4.69) is 28.4 Å². The highest BCUT2D eigenvalue weighted by Gasteiger charge is 2.27. The quantitative estimate of drug-likeness (QED) is 0.907. The molecule has 116 valence electrons. The Bertz CT molecular complexity index is 437. The van der Waals surface area contributed by atoms with Crippen molar-refractivity contribution in [3.63, 3.8) is 0 Å². The molecule has 2 aliphatic rings. The number of halogens is 1. The summed E-state index contributed by atoms with van der Waals surface area (Å²) >= 11 is 6.25. The van der Waals surface area contributed by atoms with Crippen LogP contribution in [0.25, 0.3) is 0 Å². The summed E-state index contributed by atoms with van der Waals surface area (Å²) in [5.74, 6) is 1.49. The van der Waals surface area contributed by atoms with Crippen LogP contribution < -0.4 is 5.32 Å². The van der Waals surface area contributed by atoms with Crippen molar-refractivity contribution in [3.05, 3.63) is 34.9 Å². The standard InChI is InChI=1S/C18H27ClN2/c19-17-8-4-7-16(13-17)18(15-5-2-1-3-6-15)14-21-11-9-20-10-12-21/h4,7-8,13,15,18,20H,1-3,5-6,9-12,14H2. The van der Waals surface area contributed by atoms with E-state index in [0.29, 0.717) is 5.92 Å². The van der Waals surface area contributed by atoms with E-state index in [1.54, 1.807) is 0 Å². The first-order chi connectivity index (χ1) is 10.3. The zero-order chi connectivity index (χ0) is 14.5. The van der Waals surface area contributed by atoms with Gasteiger partial charge in [0.2, 0.25) is 0 Å². The molecule has 1 N–H and O–H groups in total. The van der Waals surface area contributed by atoms with Crippen molar-refractivity contribution >= 4 is 11.6 Å². The fraction of sp³-hybridized carbons (Fsp3) is 0.667. The average molecular weight is 307 g/mol. The minimum absolute atomic E-state index is 0.655. The second-order valence-electron chi connectivity index (χ2n) is 6.61. The van der Waals surface area contributed by atoms with E-state index in [1.807, 2.05) is 6.07 Å². The highest BCUT2D eigenvalue weighted by molar-refractivity contribution is 6.30. The van der Waals surface area contributed by atoms with Crippen molar-refractivity contribution in [1.29, 1.82) is 0 Å². The Morgan fingerprint density at radius 1 is 1.14 bits per heavy atom. The van der Waals surface area contributed by atoms with Crippen LogP contribution >= 0.6 is 11.6 Å². The molecule has 1 heterocycles. The molecule has 0 spiro atoms. The topological polar surface area (TPSA) is 15.3 Å². The summed E-state index contributed by atoms with van der Waals surface area (Å²) in [4.78, 5) is 2.64. The van der Waals surface area contributed by atoms with Gasteiger partial charge in [0.15, 0.2) is 0 Å². The van der Waals surface area contributed by atoms with E-state index < -0.39 is 0 Å². The van der Waals surface area contributed by atoms with Gasteiger partial charge in [0.05, 0.1) is 0 Å². The van der Waals surface area contributed by atoms with Gasteiger partial charge in [-0.25, -0.2) is 0 Å². The normalized spacial score (nSPS) is 23.1. The third kappa shape index (κ3) is 4.21. The average Bonchev–Trinajstić information content (AvgIpc) is 2.54. The molecule has 1 saturated carbocycles. The fourth-order valence-electron chi connectivity index (χ4n) is 3.97. The van der Waals surface area contributed by atoms with Gasteiger partial charge >= 0.3 is 0 Å². The van der Waals surface area contributed by atoms with E-state index in [-0.39, 0.29) is 0 Å². The van der Waals surface area contributed by atoms with Crippen LogP contribution in [0, 0.1) is 5.92 Å². The lowest BCUT2D eigenvalue weighted by Crippen LogP contribution is -2.45. The van der Waals surface area contributed by atoms with E-state index in [0.717, 1.165) is 24.0 Å². The first-order valence-corrected chi connectivity index (χ1v) is 8.89. The number of hydrogen-bond acceptors (Lipinski definition) is 2. The number of rotatable bonds is 4. The Morgan fingerprint density at radius 3 is 2.62 bits per heavy atom. The molecule has 1 aliphatic carbocycles. The van der Waals surface area contributed by atoms with Crippen molar-refractivity contribution in [2.45, 2.75) is 38.0 Å². The van der Waals surface area contributed by atoms with Crippen LogP contribution in [0.4, 0.5) is 0 Å². The highest BCUT2D eigenvalue weighted by Crippen LogP contribution is 2.37. The molecule has 3 rings (SSSR count). The molecule has 2 fully saturated rings. The molecule has 1 unspecified atom stereocenters. The number of nitrogens with one attached hydrogen (secondary N) is 1. The van der Waals surface area contributed by atoms with Crippen molar-refractivity contribution in [2.75, 3.05) is 32.7 Å². The van der Waals surface area contributed by atoms with Crippen LogP contribution in [0.5, 0.6) is 0 Å². The predicted octanol–water partition coefficient (Wildman–Crippen LogP) is 3.91.